The summed E-state index contributed by atoms with van der Waals surface area (Å²) in [5.41, 5.74) is 1.06. The van der Waals surface area contributed by atoms with Gasteiger partial charge in [0.05, 0.1) is 17.2 Å². The van der Waals surface area contributed by atoms with Crippen molar-refractivity contribution in [2.75, 3.05) is 13.2 Å². The zero-order chi connectivity index (χ0) is 13.4. The van der Waals surface area contributed by atoms with E-state index in [9.17, 15) is 9.59 Å². The Kier molecular flexibility index (Phi) is 3.58. The lowest BCUT2D eigenvalue weighted by molar-refractivity contribution is 0.0592. The Bertz CT molecular complexity index is 537. The van der Waals surface area contributed by atoms with Crippen LogP contribution in [0.1, 0.15) is 40.0 Å². The first-order valence-electron chi connectivity index (χ1n) is 6.44. The normalized spacial score (nSPS) is 22.2. The van der Waals surface area contributed by atoms with E-state index in [2.05, 4.69) is 22.6 Å². The Hall–Kier alpha value is -0.950. The van der Waals surface area contributed by atoms with Gasteiger partial charge in [-0.15, -0.1) is 0 Å². The molecule has 3 rings (SSSR count). The largest absolute Gasteiger partial charge is 0.378 e. The predicted octanol–water partition coefficient (Wildman–Crippen LogP) is 2.46. The van der Waals surface area contributed by atoms with Crippen LogP contribution in [-0.4, -0.2) is 36.0 Å². The summed E-state index contributed by atoms with van der Waals surface area (Å²) in [6.45, 7) is 1.25. The number of benzene rings is 1. The highest BCUT2D eigenvalue weighted by Crippen LogP contribution is 2.25. The van der Waals surface area contributed by atoms with Crippen LogP contribution in [0.3, 0.4) is 0 Å². The molecule has 2 amide bonds. The summed E-state index contributed by atoms with van der Waals surface area (Å²) in [7, 11) is 0. The van der Waals surface area contributed by atoms with Crippen molar-refractivity contribution in [2.24, 2.45) is 0 Å². The van der Waals surface area contributed by atoms with Crippen molar-refractivity contribution in [2.45, 2.75) is 25.4 Å². The van der Waals surface area contributed by atoms with Gasteiger partial charge in [-0.2, -0.15) is 0 Å². The van der Waals surface area contributed by atoms with Gasteiger partial charge in [0.15, 0.2) is 0 Å². The SMILES string of the molecule is O=C1c2ccc(I)cc2C(=O)N1CCC1CCCO1. The van der Waals surface area contributed by atoms with Crippen LogP contribution in [0.25, 0.3) is 0 Å². The summed E-state index contributed by atoms with van der Waals surface area (Å²) in [6, 6.07) is 5.37. The molecule has 2 heterocycles. The molecule has 0 aromatic heterocycles. The molecule has 1 aromatic rings. The molecule has 0 spiro atoms. The number of amides is 2. The van der Waals surface area contributed by atoms with Gasteiger partial charge in [0, 0.05) is 16.7 Å². The first kappa shape index (κ1) is 13.1. The van der Waals surface area contributed by atoms with Crippen LogP contribution >= 0.6 is 22.6 Å². The molecule has 2 aliphatic heterocycles. The molecule has 2 aliphatic rings. The molecule has 1 aromatic carbocycles. The molecule has 1 fully saturated rings. The number of fused-ring (bicyclic) bond motifs is 1. The van der Waals surface area contributed by atoms with Gasteiger partial charge in [-0.05, 0) is 60.1 Å². The van der Waals surface area contributed by atoms with Crippen molar-refractivity contribution in [3.8, 4) is 0 Å². The van der Waals surface area contributed by atoms with E-state index in [-0.39, 0.29) is 17.9 Å². The molecule has 100 valence electrons. The second-order valence-corrected chi connectivity index (χ2v) is 6.12. The van der Waals surface area contributed by atoms with Gasteiger partial charge in [-0.3, -0.25) is 14.5 Å². The number of ether oxygens (including phenoxy) is 1. The standard InChI is InChI=1S/C14H14INO3/c15-9-3-4-11-12(8-9)14(18)16(13(11)17)6-5-10-2-1-7-19-10/h3-4,8,10H,1-2,5-7H2. The van der Waals surface area contributed by atoms with Crippen molar-refractivity contribution < 1.29 is 14.3 Å². The van der Waals surface area contributed by atoms with Gasteiger partial charge >= 0.3 is 0 Å². The van der Waals surface area contributed by atoms with Crippen LogP contribution in [0.5, 0.6) is 0 Å². The van der Waals surface area contributed by atoms with Crippen molar-refractivity contribution in [1.82, 2.24) is 4.90 Å². The zero-order valence-corrected chi connectivity index (χ0v) is 12.6. The van der Waals surface area contributed by atoms with E-state index in [0.717, 1.165) is 29.4 Å². The molecule has 19 heavy (non-hydrogen) atoms. The Morgan fingerprint density at radius 3 is 2.79 bits per heavy atom. The average molecular weight is 371 g/mol. The summed E-state index contributed by atoms with van der Waals surface area (Å²) in [4.78, 5) is 25.8. The molecule has 0 bridgehead atoms. The highest BCUT2D eigenvalue weighted by Gasteiger charge is 2.35. The third-order valence-electron chi connectivity index (χ3n) is 3.63. The van der Waals surface area contributed by atoms with Crippen LogP contribution in [0.15, 0.2) is 18.2 Å². The zero-order valence-electron chi connectivity index (χ0n) is 10.4. The second kappa shape index (κ2) is 5.20. The minimum atomic E-state index is -0.172. The Morgan fingerprint density at radius 2 is 2.05 bits per heavy atom. The molecule has 1 unspecified atom stereocenters. The maximum atomic E-state index is 12.2. The van der Waals surface area contributed by atoms with Crippen LogP contribution < -0.4 is 0 Å². The fraction of sp³-hybridized carbons (Fsp3) is 0.429. The van der Waals surface area contributed by atoms with Crippen LogP contribution in [0.2, 0.25) is 0 Å². The second-order valence-electron chi connectivity index (χ2n) is 4.88. The van der Waals surface area contributed by atoms with Crippen molar-refractivity contribution in [1.29, 1.82) is 0 Å². The van der Waals surface area contributed by atoms with E-state index in [4.69, 9.17) is 4.74 Å². The number of rotatable bonds is 3. The molecular formula is C14H14INO3. The quantitative estimate of drug-likeness (QED) is 0.606. The number of halogens is 1. The Morgan fingerprint density at radius 1 is 1.26 bits per heavy atom. The third-order valence-corrected chi connectivity index (χ3v) is 4.30. The van der Waals surface area contributed by atoms with Crippen LogP contribution in [0.4, 0.5) is 0 Å². The molecule has 4 nitrogen and oxygen atoms in total. The highest BCUT2D eigenvalue weighted by atomic mass is 127. The van der Waals surface area contributed by atoms with E-state index in [1.54, 1.807) is 12.1 Å². The van der Waals surface area contributed by atoms with Gasteiger partial charge in [0.25, 0.3) is 11.8 Å². The topological polar surface area (TPSA) is 46.6 Å². The lowest BCUT2D eigenvalue weighted by Crippen LogP contribution is -2.32. The van der Waals surface area contributed by atoms with Crippen LogP contribution in [0, 0.1) is 3.57 Å². The summed E-state index contributed by atoms with van der Waals surface area (Å²) in [6.07, 6.45) is 3.04. The fourth-order valence-electron chi connectivity index (χ4n) is 2.61. The first-order chi connectivity index (χ1) is 9.16. The van der Waals surface area contributed by atoms with Crippen LogP contribution in [-0.2, 0) is 4.74 Å². The molecule has 0 N–H and O–H groups in total. The first-order valence-corrected chi connectivity index (χ1v) is 7.52. The van der Waals surface area contributed by atoms with E-state index < -0.39 is 0 Å². The average Bonchev–Trinajstić information content (AvgIpc) is 2.98. The molecule has 1 atom stereocenters. The molecule has 0 radical (unpaired) electrons. The van der Waals surface area contributed by atoms with Gasteiger partial charge in [-0.1, -0.05) is 0 Å². The predicted molar refractivity (Wildman–Crippen MR) is 78.1 cm³/mol. The maximum absolute atomic E-state index is 12.2. The highest BCUT2D eigenvalue weighted by molar-refractivity contribution is 14.1. The number of carbonyl (C=O) groups excluding carboxylic acids is 2. The smallest absolute Gasteiger partial charge is 0.261 e. The third kappa shape index (κ3) is 2.41. The molecule has 5 heteroatoms. The maximum Gasteiger partial charge on any atom is 0.261 e. The summed E-state index contributed by atoms with van der Waals surface area (Å²) in [5, 5.41) is 0. The number of imide groups is 1. The summed E-state index contributed by atoms with van der Waals surface area (Å²) >= 11 is 2.15. The van der Waals surface area contributed by atoms with Gasteiger partial charge in [-0.25, -0.2) is 0 Å². The molecule has 0 aliphatic carbocycles. The van der Waals surface area contributed by atoms with Gasteiger partial charge in [0.2, 0.25) is 0 Å². The number of hydrogen-bond acceptors (Lipinski definition) is 3. The van der Waals surface area contributed by atoms with E-state index in [1.807, 2.05) is 6.07 Å². The lowest BCUT2D eigenvalue weighted by Gasteiger charge is -2.16. The van der Waals surface area contributed by atoms with E-state index in [1.165, 1.54) is 4.90 Å². The Labute approximate surface area is 125 Å². The number of nitrogens with zero attached hydrogens (tertiary/aromatic N) is 1. The number of carbonyl (C=O) groups is 2. The monoisotopic (exact) mass is 371 g/mol. The minimum Gasteiger partial charge on any atom is -0.378 e. The number of hydrogen-bond donors (Lipinski definition) is 0. The molecular weight excluding hydrogens is 357 g/mol. The van der Waals surface area contributed by atoms with E-state index in [0.29, 0.717) is 17.7 Å². The fourth-order valence-corrected chi connectivity index (χ4v) is 3.10. The van der Waals surface area contributed by atoms with Crippen molar-refractivity contribution in [3.05, 3.63) is 32.9 Å². The lowest BCUT2D eigenvalue weighted by atomic mass is 10.1. The van der Waals surface area contributed by atoms with Gasteiger partial charge < -0.3 is 4.74 Å². The Balaban J connectivity index is 1.74. The summed E-state index contributed by atoms with van der Waals surface area (Å²) in [5.74, 6) is -0.342. The van der Waals surface area contributed by atoms with Gasteiger partial charge in [0.1, 0.15) is 0 Å². The molecule has 0 saturated carbocycles. The van der Waals surface area contributed by atoms with E-state index >= 15 is 0 Å². The van der Waals surface area contributed by atoms with Crippen molar-refractivity contribution >= 4 is 34.4 Å². The summed E-state index contributed by atoms with van der Waals surface area (Å²) < 4.78 is 6.50. The van der Waals surface area contributed by atoms with Crippen molar-refractivity contribution in [3.63, 3.8) is 0 Å². The minimum absolute atomic E-state index is 0.170. The molecule has 1 saturated heterocycles.